The van der Waals surface area contributed by atoms with Crippen LogP contribution in [-0.4, -0.2) is 24.6 Å². The topological polar surface area (TPSA) is 60.5 Å². The van der Waals surface area contributed by atoms with Crippen molar-refractivity contribution in [1.29, 1.82) is 0 Å². The van der Waals surface area contributed by atoms with E-state index in [1.54, 1.807) is 31.4 Å². The third-order valence-corrected chi connectivity index (χ3v) is 3.81. The summed E-state index contributed by atoms with van der Waals surface area (Å²) < 4.78 is 10.8. The second kappa shape index (κ2) is 7.21. The highest BCUT2D eigenvalue weighted by Crippen LogP contribution is 2.30. The standard InChI is InChI=1S/C20H20N2O3/c1-4-25-18-10-9-14(12-19(18)24-3)22-20(23)16-11-13(2)21-17-8-6-5-7-15(16)17/h5-12H,4H2,1-3H3,(H,22,23). The Morgan fingerprint density at radius 3 is 2.68 bits per heavy atom. The van der Waals surface area contributed by atoms with Crippen LogP contribution in [0, 0.1) is 6.92 Å². The van der Waals surface area contributed by atoms with Crippen LogP contribution in [-0.2, 0) is 0 Å². The molecule has 0 spiro atoms. The molecule has 3 aromatic rings. The summed E-state index contributed by atoms with van der Waals surface area (Å²) in [5.41, 5.74) is 2.84. The summed E-state index contributed by atoms with van der Waals surface area (Å²) in [6, 6.07) is 14.7. The van der Waals surface area contributed by atoms with Gasteiger partial charge in [0.25, 0.3) is 5.91 Å². The molecule has 0 aliphatic heterocycles. The molecule has 2 aromatic carbocycles. The molecule has 25 heavy (non-hydrogen) atoms. The number of para-hydroxylation sites is 1. The van der Waals surface area contributed by atoms with Crippen molar-refractivity contribution in [3.05, 3.63) is 59.8 Å². The normalized spacial score (nSPS) is 10.5. The summed E-state index contributed by atoms with van der Waals surface area (Å²) in [5, 5.41) is 3.74. The van der Waals surface area contributed by atoms with Crippen LogP contribution in [0.15, 0.2) is 48.5 Å². The molecule has 1 amide bonds. The monoisotopic (exact) mass is 336 g/mol. The second-order valence-electron chi connectivity index (χ2n) is 5.58. The first-order valence-electron chi connectivity index (χ1n) is 8.11. The summed E-state index contributed by atoms with van der Waals surface area (Å²) in [6.07, 6.45) is 0. The molecule has 1 heterocycles. The highest BCUT2D eigenvalue weighted by Gasteiger charge is 2.13. The molecule has 1 N–H and O–H groups in total. The van der Waals surface area contributed by atoms with Gasteiger partial charge in [0.05, 0.1) is 24.8 Å². The Bertz CT molecular complexity index is 922. The molecule has 0 aliphatic rings. The van der Waals surface area contributed by atoms with Crippen molar-refractivity contribution in [2.24, 2.45) is 0 Å². The molecule has 1 aromatic heterocycles. The van der Waals surface area contributed by atoms with E-state index in [-0.39, 0.29) is 5.91 Å². The molecule has 0 bridgehead atoms. The lowest BCUT2D eigenvalue weighted by Gasteiger charge is -2.12. The van der Waals surface area contributed by atoms with E-state index >= 15 is 0 Å². The van der Waals surface area contributed by atoms with Crippen molar-refractivity contribution in [3.8, 4) is 11.5 Å². The second-order valence-corrected chi connectivity index (χ2v) is 5.58. The lowest BCUT2D eigenvalue weighted by Crippen LogP contribution is -2.13. The Kier molecular flexibility index (Phi) is 4.84. The molecule has 128 valence electrons. The smallest absolute Gasteiger partial charge is 0.256 e. The quantitative estimate of drug-likeness (QED) is 0.758. The van der Waals surface area contributed by atoms with E-state index in [4.69, 9.17) is 9.47 Å². The van der Waals surface area contributed by atoms with Crippen LogP contribution in [0.1, 0.15) is 23.0 Å². The number of fused-ring (bicyclic) bond motifs is 1. The van der Waals surface area contributed by atoms with Gasteiger partial charge in [0, 0.05) is 22.8 Å². The zero-order valence-electron chi connectivity index (χ0n) is 14.5. The lowest BCUT2D eigenvalue weighted by atomic mass is 10.1. The number of nitrogens with one attached hydrogen (secondary N) is 1. The number of aryl methyl sites for hydroxylation is 1. The van der Waals surface area contributed by atoms with E-state index in [1.165, 1.54) is 0 Å². The lowest BCUT2D eigenvalue weighted by molar-refractivity contribution is 0.102. The molecule has 0 radical (unpaired) electrons. The van der Waals surface area contributed by atoms with Gasteiger partial charge >= 0.3 is 0 Å². The van der Waals surface area contributed by atoms with E-state index < -0.39 is 0 Å². The van der Waals surface area contributed by atoms with Gasteiger partial charge in [-0.15, -0.1) is 0 Å². The first-order chi connectivity index (χ1) is 12.1. The average Bonchev–Trinajstić information content (AvgIpc) is 2.62. The van der Waals surface area contributed by atoms with Gasteiger partial charge in [-0.05, 0) is 38.1 Å². The minimum atomic E-state index is -0.187. The third-order valence-electron chi connectivity index (χ3n) is 3.81. The number of aromatic nitrogens is 1. The van der Waals surface area contributed by atoms with Crippen molar-refractivity contribution >= 4 is 22.5 Å². The third kappa shape index (κ3) is 3.55. The van der Waals surface area contributed by atoms with Gasteiger partial charge < -0.3 is 14.8 Å². The van der Waals surface area contributed by atoms with Crippen molar-refractivity contribution < 1.29 is 14.3 Å². The van der Waals surface area contributed by atoms with E-state index in [1.807, 2.05) is 38.1 Å². The number of carbonyl (C=O) groups is 1. The van der Waals surface area contributed by atoms with Crippen molar-refractivity contribution in [1.82, 2.24) is 4.98 Å². The number of hydrogen-bond donors (Lipinski definition) is 1. The van der Waals surface area contributed by atoms with Gasteiger partial charge in [-0.2, -0.15) is 0 Å². The van der Waals surface area contributed by atoms with Crippen molar-refractivity contribution in [2.45, 2.75) is 13.8 Å². The fourth-order valence-electron chi connectivity index (χ4n) is 2.71. The fraction of sp³-hybridized carbons (Fsp3) is 0.200. The number of rotatable bonds is 5. The Morgan fingerprint density at radius 2 is 1.92 bits per heavy atom. The van der Waals surface area contributed by atoms with E-state index in [9.17, 15) is 4.79 Å². The highest BCUT2D eigenvalue weighted by atomic mass is 16.5. The SMILES string of the molecule is CCOc1ccc(NC(=O)c2cc(C)nc3ccccc23)cc1OC. The minimum Gasteiger partial charge on any atom is -0.493 e. The summed E-state index contributed by atoms with van der Waals surface area (Å²) in [6.45, 7) is 4.33. The number of methoxy groups -OCH3 is 1. The van der Waals surface area contributed by atoms with Gasteiger partial charge in [0.1, 0.15) is 0 Å². The summed E-state index contributed by atoms with van der Waals surface area (Å²) in [5.74, 6) is 1.04. The van der Waals surface area contributed by atoms with E-state index in [0.29, 0.717) is 29.4 Å². The minimum absolute atomic E-state index is 0.187. The highest BCUT2D eigenvalue weighted by molar-refractivity contribution is 6.12. The molecule has 0 saturated heterocycles. The zero-order valence-corrected chi connectivity index (χ0v) is 14.5. The fourth-order valence-corrected chi connectivity index (χ4v) is 2.71. The Balaban J connectivity index is 1.93. The molecule has 0 unspecified atom stereocenters. The largest absolute Gasteiger partial charge is 0.493 e. The molecule has 0 aliphatic carbocycles. The maximum absolute atomic E-state index is 12.8. The number of benzene rings is 2. The first-order valence-corrected chi connectivity index (χ1v) is 8.11. The molecule has 5 heteroatoms. The number of anilines is 1. The molecule has 5 nitrogen and oxygen atoms in total. The Labute approximate surface area is 146 Å². The predicted molar refractivity (Wildman–Crippen MR) is 98.6 cm³/mol. The summed E-state index contributed by atoms with van der Waals surface area (Å²) >= 11 is 0. The molecular formula is C20H20N2O3. The molecule has 0 atom stereocenters. The van der Waals surface area contributed by atoms with E-state index in [0.717, 1.165) is 16.6 Å². The molecule has 0 fully saturated rings. The number of pyridine rings is 1. The number of amides is 1. The number of nitrogens with zero attached hydrogens (tertiary/aromatic N) is 1. The van der Waals surface area contributed by atoms with Gasteiger partial charge in [-0.1, -0.05) is 18.2 Å². The number of hydrogen-bond acceptors (Lipinski definition) is 4. The summed E-state index contributed by atoms with van der Waals surface area (Å²) in [7, 11) is 1.57. The molecular weight excluding hydrogens is 316 g/mol. The van der Waals surface area contributed by atoms with Crippen molar-refractivity contribution in [2.75, 3.05) is 19.0 Å². The van der Waals surface area contributed by atoms with Crippen LogP contribution in [0.5, 0.6) is 11.5 Å². The Morgan fingerprint density at radius 1 is 1.12 bits per heavy atom. The number of ether oxygens (including phenoxy) is 2. The predicted octanol–water partition coefficient (Wildman–Crippen LogP) is 4.20. The average molecular weight is 336 g/mol. The van der Waals surface area contributed by atoms with Crippen LogP contribution in [0.3, 0.4) is 0 Å². The van der Waals surface area contributed by atoms with E-state index in [2.05, 4.69) is 10.3 Å². The van der Waals surface area contributed by atoms with Gasteiger partial charge in [-0.25, -0.2) is 0 Å². The van der Waals surface area contributed by atoms with Crippen LogP contribution < -0.4 is 14.8 Å². The zero-order chi connectivity index (χ0) is 17.8. The van der Waals surface area contributed by atoms with Crippen LogP contribution >= 0.6 is 0 Å². The maximum atomic E-state index is 12.8. The van der Waals surface area contributed by atoms with Crippen LogP contribution in [0.4, 0.5) is 5.69 Å². The van der Waals surface area contributed by atoms with Crippen LogP contribution in [0.25, 0.3) is 10.9 Å². The number of carbonyl (C=O) groups excluding carboxylic acids is 1. The van der Waals surface area contributed by atoms with Gasteiger partial charge in [0.15, 0.2) is 11.5 Å². The molecule has 3 rings (SSSR count). The van der Waals surface area contributed by atoms with Crippen molar-refractivity contribution in [3.63, 3.8) is 0 Å². The summed E-state index contributed by atoms with van der Waals surface area (Å²) in [4.78, 5) is 17.2. The maximum Gasteiger partial charge on any atom is 0.256 e. The van der Waals surface area contributed by atoms with Gasteiger partial charge in [0.2, 0.25) is 0 Å². The van der Waals surface area contributed by atoms with Gasteiger partial charge in [-0.3, -0.25) is 9.78 Å². The Hall–Kier alpha value is -3.08. The van der Waals surface area contributed by atoms with Crippen LogP contribution in [0.2, 0.25) is 0 Å². The molecule has 0 saturated carbocycles. The first kappa shape index (κ1) is 16.8.